The number of hydrogen-bond donors (Lipinski definition) is 1. The maximum Gasteiger partial charge on any atom is 0.248 e. The van der Waals surface area contributed by atoms with Gasteiger partial charge >= 0.3 is 0 Å². The molecule has 1 aromatic heterocycles. The summed E-state index contributed by atoms with van der Waals surface area (Å²) in [5.41, 5.74) is 11.2. The third kappa shape index (κ3) is 4.26. The molecule has 5 nitrogen and oxygen atoms in total. The lowest BCUT2D eigenvalue weighted by Gasteiger charge is -2.41. The number of aryl methyl sites for hydroxylation is 1. The number of primary amides is 1. The number of nitrogens with zero attached hydrogens (tertiary/aromatic N) is 3. The molecule has 6 heteroatoms. The summed E-state index contributed by atoms with van der Waals surface area (Å²) in [6.45, 7) is 8.46. The van der Waals surface area contributed by atoms with Crippen molar-refractivity contribution in [2.45, 2.75) is 32.9 Å². The normalized spacial score (nSPS) is 15.4. The number of halogens is 1. The van der Waals surface area contributed by atoms with Gasteiger partial charge in [-0.1, -0.05) is 55.8 Å². The molecule has 1 saturated heterocycles. The number of para-hydroxylation sites is 2. The highest BCUT2D eigenvalue weighted by molar-refractivity contribution is 6.10. The summed E-state index contributed by atoms with van der Waals surface area (Å²) in [5.74, 6) is -0.382. The average molecular weight is 477 g/mol. The summed E-state index contributed by atoms with van der Waals surface area (Å²) in [6.07, 6.45) is 2.38. The molecule has 5 rings (SSSR count). The fourth-order valence-electron chi connectivity index (χ4n) is 5.39. The third-order valence-electron chi connectivity index (χ3n) is 7.03. The summed E-state index contributed by atoms with van der Waals surface area (Å²) in [6, 6.07) is 23.1. The molecule has 0 aliphatic carbocycles. The first kappa shape index (κ1) is 24.1. The summed E-state index contributed by atoms with van der Waals surface area (Å²) in [7, 11) is 0. The van der Waals surface area contributed by atoms with Crippen LogP contribution in [0.25, 0.3) is 21.8 Å². The fraction of sp³-hybridized carbons (Fsp3) is 0.321. The lowest BCUT2D eigenvalue weighted by atomic mass is 10.1. The number of aromatic nitrogens is 1. The fourth-order valence-corrected chi connectivity index (χ4v) is 5.39. The highest BCUT2D eigenvalue weighted by atomic mass is 35.5. The summed E-state index contributed by atoms with van der Waals surface area (Å²) in [5, 5.41) is 2.40. The maximum atomic E-state index is 12.0. The second-order valence-corrected chi connectivity index (χ2v) is 9.06. The van der Waals surface area contributed by atoms with Crippen LogP contribution < -0.4 is 10.6 Å². The first-order valence-electron chi connectivity index (χ1n) is 12.0. The van der Waals surface area contributed by atoms with Gasteiger partial charge < -0.3 is 15.2 Å². The summed E-state index contributed by atoms with van der Waals surface area (Å²) >= 11 is 0. The van der Waals surface area contributed by atoms with Gasteiger partial charge in [-0.25, -0.2) is 0 Å². The van der Waals surface area contributed by atoms with E-state index in [1.165, 1.54) is 27.5 Å². The van der Waals surface area contributed by atoms with Crippen LogP contribution in [0.4, 0.5) is 5.69 Å². The predicted octanol–water partition coefficient (Wildman–Crippen LogP) is 5.74. The molecule has 2 heterocycles. The molecule has 34 heavy (non-hydrogen) atoms. The van der Waals surface area contributed by atoms with Gasteiger partial charge in [-0.3, -0.25) is 9.69 Å². The van der Waals surface area contributed by atoms with Crippen molar-refractivity contribution < 1.29 is 4.79 Å². The molecule has 0 saturated carbocycles. The van der Waals surface area contributed by atoms with E-state index in [1.54, 1.807) is 0 Å². The average Bonchev–Trinajstić information content (AvgIpc) is 3.16. The van der Waals surface area contributed by atoms with E-state index in [2.05, 4.69) is 76.7 Å². The van der Waals surface area contributed by atoms with Gasteiger partial charge in [-0.2, -0.15) is 0 Å². The molecular formula is C28H33ClN4O. The Balaban J connectivity index is 0.00000274. The number of nitrogens with two attached hydrogens (primary N) is 1. The molecule has 0 spiro atoms. The number of rotatable bonds is 6. The van der Waals surface area contributed by atoms with Crippen LogP contribution in [0.2, 0.25) is 0 Å². The topological polar surface area (TPSA) is 54.5 Å². The second-order valence-electron chi connectivity index (χ2n) is 9.06. The largest absolute Gasteiger partial charge is 0.369 e. The minimum Gasteiger partial charge on any atom is -0.369 e. The van der Waals surface area contributed by atoms with Gasteiger partial charge in [0.25, 0.3) is 0 Å². The molecular weight excluding hydrogens is 444 g/mol. The molecule has 1 unspecified atom stereocenters. The first-order chi connectivity index (χ1) is 16.1. The monoisotopic (exact) mass is 476 g/mol. The number of fused-ring (bicyclic) bond motifs is 3. The van der Waals surface area contributed by atoms with Crippen LogP contribution in [0.3, 0.4) is 0 Å². The SMILES string of the molecule is CCCC(N1CCN(c2ccccc2C)CC1)n1c2ccccc2c2ccc(C(N)=O)cc21.Cl. The molecule has 0 bridgehead atoms. The zero-order valence-electron chi connectivity index (χ0n) is 19.9. The Morgan fingerprint density at radius 1 is 0.912 bits per heavy atom. The van der Waals surface area contributed by atoms with Crippen molar-refractivity contribution in [3.8, 4) is 0 Å². The van der Waals surface area contributed by atoms with E-state index >= 15 is 0 Å². The number of anilines is 1. The van der Waals surface area contributed by atoms with Crippen molar-refractivity contribution in [3.05, 3.63) is 77.9 Å². The van der Waals surface area contributed by atoms with Crippen LogP contribution in [-0.2, 0) is 0 Å². The Morgan fingerprint density at radius 3 is 2.29 bits per heavy atom. The number of hydrogen-bond acceptors (Lipinski definition) is 3. The van der Waals surface area contributed by atoms with E-state index in [1.807, 2.05) is 18.2 Å². The summed E-state index contributed by atoms with van der Waals surface area (Å²) in [4.78, 5) is 17.1. The highest BCUT2D eigenvalue weighted by Gasteiger charge is 2.27. The lowest BCUT2D eigenvalue weighted by Crippen LogP contribution is -2.49. The zero-order chi connectivity index (χ0) is 22.9. The first-order valence-corrected chi connectivity index (χ1v) is 12.0. The molecule has 4 aromatic rings. The molecule has 1 fully saturated rings. The molecule has 3 aromatic carbocycles. The van der Waals surface area contributed by atoms with E-state index in [9.17, 15) is 4.79 Å². The van der Waals surface area contributed by atoms with E-state index in [-0.39, 0.29) is 24.5 Å². The van der Waals surface area contributed by atoms with E-state index in [4.69, 9.17) is 5.73 Å². The van der Waals surface area contributed by atoms with Crippen molar-refractivity contribution in [3.63, 3.8) is 0 Å². The lowest BCUT2D eigenvalue weighted by molar-refractivity contribution is 0.1000. The van der Waals surface area contributed by atoms with Crippen LogP contribution in [0.5, 0.6) is 0 Å². The van der Waals surface area contributed by atoms with Crippen molar-refractivity contribution in [1.29, 1.82) is 0 Å². The Bertz CT molecular complexity index is 1310. The van der Waals surface area contributed by atoms with E-state index in [0.717, 1.165) is 44.5 Å². The molecule has 1 aliphatic heterocycles. The van der Waals surface area contributed by atoms with E-state index < -0.39 is 0 Å². The van der Waals surface area contributed by atoms with Crippen molar-refractivity contribution >= 4 is 45.8 Å². The van der Waals surface area contributed by atoms with Gasteiger partial charge in [0.05, 0.1) is 17.2 Å². The molecule has 2 N–H and O–H groups in total. The van der Waals surface area contributed by atoms with Gasteiger partial charge in [0.2, 0.25) is 5.91 Å². The number of piperazine rings is 1. The van der Waals surface area contributed by atoms with Crippen LogP contribution in [0.15, 0.2) is 66.7 Å². The van der Waals surface area contributed by atoms with E-state index in [0.29, 0.717) is 5.56 Å². The number of carbonyl (C=O) groups excluding carboxylic acids is 1. The Morgan fingerprint density at radius 2 is 1.59 bits per heavy atom. The zero-order valence-corrected chi connectivity index (χ0v) is 20.7. The molecule has 178 valence electrons. The standard InChI is InChI=1S/C28H32N4O.ClH/c1-3-8-27(31-17-15-30(16-18-31)24-11-6-4-9-20(24)2)32-25-12-7-5-10-22(25)23-14-13-21(28(29)33)19-26(23)32;/h4-7,9-14,19,27H,3,8,15-18H2,1-2H3,(H2,29,33);1H. The minimum atomic E-state index is -0.382. The molecule has 1 amide bonds. The van der Waals surface area contributed by atoms with Crippen LogP contribution >= 0.6 is 12.4 Å². The quantitative estimate of drug-likeness (QED) is 0.385. The Hall–Kier alpha value is -3.02. The van der Waals surface area contributed by atoms with Crippen LogP contribution in [0.1, 0.15) is 41.9 Å². The predicted molar refractivity (Wildman–Crippen MR) is 144 cm³/mol. The van der Waals surface area contributed by atoms with Crippen LogP contribution in [-0.4, -0.2) is 41.6 Å². The van der Waals surface area contributed by atoms with Gasteiger partial charge in [0, 0.05) is 48.2 Å². The van der Waals surface area contributed by atoms with Crippen molar-refractivity contribution in [2.24, 2.45) is 5.73 Å². The van der Waals surface area contributed by atoms with Crippen molar-refractivity contribution in [2.75, 3.05) is 31.1 Å². The van der Waals surface area contributed by atoms with Gasteiger partial charge in [0.1, 0.15) is 0 Å². The minimum absolute atomic E-state index is 0. The highest BCUT2D eigenvalue weighted by Crippen LogP contribution is 2.36. The number of amides is 1. The van der Waals surface area contributed by atoms with Gasteiger partial charge in [-0.15, -0.1) is 12.4 Å². The second kappa shape index (κ2) is 10.1. The number of carbonyl (C=O) groups is 1. The molecule has 1 aliphatic rings. The maximum absolute atomic E-state index is 12.0. The van der Waals surface area contributed by atoms with Gasteiger partial charge in [-0.05, 0) is 43.2 Å². The van der Waals surface area contributed by atoms with Crippen LogP contribution in [0, 0.1) is 6.92 Å². The Kier molecular flexibility index (Phi) is 7.15. The molecule has 1 atom stereocenters. The Labute approximate surface area is 207 Å². The third-order valence-corrected chi connectivity index (χ3v) is 7.03. The molecule has 0 radical (unpaired) electrons. The summed E-state index contributed by atoms with van der Waals surface area (Å²) < 4.78 is 2.45. The van der Waals surface area contributed by atoms with Gasteiger partial charge in [0.15, 0.2) is 0 Å². The smallest absolute Gasteiger partial charge is 0.248 e. The number of benzene rings is 3. The van der Waals surface area contributed by atoms with Crippen molar-refractivity contribution in [1.82, 2.24) is 9.47 Å².